The quantitative estimate of drug-likeness (QED) is 0.124. The third-order valence-electron chi connectivity index (χ3n) is 7.15. The second-order valence-corrected chi connectivity index (χ2v) is 10.5. The molecule has 0 aliphatic rings. The average Bonchev–Trinajstić information content (AvgIpc) is 3.31. The molecule has 0 saturated carbocycles. The number of halogens is 1. The number of aryl methyl sites for hydroxylation is 1. The Kier molecular flexibility index (Phi) is 10.1. The number of nitrogens with zero attached hydrogens (tertiary/aromatic N) is 3. The van der Waals surface area contributed by atoms with Crippen LogP contribution in [0.1, 0.15) is 42.4 Å². The lowest BCUT2D eigenvalue weighted by atomic mass is 9.98. The minimum atomic E-state index is -0.421. The Labute approximate surface area is 245 Å². The molecule has 4 aromatic rings. The summed E-state index contributed by atoms with van der Waals surface area (Å²) in [6, 6.07) is 19.2. The van der Waals surface area contributed by atoms with Crippen LogP contribution in [0.3, 0.4) is 0 Å². The number of aromatic hydroxyl groups is 1. The van der Waals surface area contributed by atoms with Gasteiger partial charge in [-0.2, -0.15) is 0 Å². The van der Waals surface area contributed by atoms with E-state index in [4.69, 9.17) is 9.73 Å². The molecular weight excluding hydrogens is 535 g/mol. The number of carbonyl (C=O) groups is 2. The molecule has 0 spiro atoms. The first-order valence-electron chi connectivity index (χ1n) is 13.9. The summed E-state index contributed by atoms with van der Waals surface area (Å²) in [6.45, 7) is 0.948. The molecule has 0 unspecified atom stereocenters. The third kappa shape index (κ3) is 7.61. The maximum atomic E-state index is 13.9. The van der Waals surface area contributed by atoms with Crippen molar-refractivity contribution in [1.29, 1.82) is 0 Å². The number of methoxy groups -OCH3 is 1. The predicted molar refractivity (Wildman–Crippen MR) is 164 cm³/mol. The number of benzene rings is 3. The van der Waals surface area contributed by atoms with Gasteiger partial charge in [-0.15, -0.1) is 0 Å². The highest BCUT2D eigenvalue weighted by molar-refractivity contribution is 6.21. The summed E-state index contributed by atoms with van der Waals surface area (Å²) in [5.74, 6) is -0.776. The van der Waals surface area contributed by atoms with Crippen LogP contribution in [-0.2, 0) is 20.7 Å². The molecule has 0 radical (unpaired) electrons. The molecule has 42 heavy (non-hydrogen) atoms. The highest BCUT2D eigenvalue weighted by Gasteiger charge is 2.19. The number of fused-ring (bicyclic) bond motifs is 1. The van der Waals surface area contributed by atoms with E-state index in [9.17, 15) is 19.1 Å². The Morgan fingerprint density at radius 2 is 1.67 bits per heavy atom. The number of nitrogens with one attached hydrogen (secondary N) is 1. The van der Waals surface area contributed by atoms with Gasteiger partial charge < -0.3 is 24.6 Å². The normalized spacial score (nSPS) is 11.7. The van der Waals surface area contributed by atoms with Crippen LogP contribution < -0.4 is 4.90 Å². The first-order valence-corrected chi connectivity index (χ1v) is 13.9. The number of anilines is 1. The maximum Gasteiger partial charge on any atom is 0.305 e. The zero-order valence-corrected chi connectivity index (χ0v) is 24.5. The van der Waals surface area contributed by atoms with Gasteiger partial charge in [0, 0.05) is 36.5 Å². The highest BCUT2D eigenvalue weighted by atomic mass is 19.1. The van der Waals surface area contributed by atoms with Gasteiger partial charge in [0.15, 0.2) is 5.88 Å². The van der Waals surface area contributed by atoms with Gasteiger partial charge in [-0.25, -0.2) is 9.38 Å². The van der Waals surface area contributed by atoms with Gasteiger partial charge in [0.1, 0.15) is 5.82 Å². The fourth-order valence-corrected chi connectivity index (χ4v) is 4.73. The predicted octanol–water partition coefficient (Wildman–Crippen LogP) is 5.98. The summed E-state index contributed by atoms with van der Waals surface area (Å²) in [5.41, 5.74) is 4.44. The van der Waals surface area contributed by atoms with Crippen molar-refractivity contribution < 1.29 is 23.8 Å². The summed E-state index contributed by atoms with van der Waals surface area (Å²) in [6.07, 6.45) is 3.06. The van der Waals surface area contributed by atoms with E-state index in [-0.39, 0.29) is 24.2 Å². The largest absolute Gasteiger partial charge is 0.494 e. The molecule has 1 amide bonds. The van der Waals surface area contributed by atoms with Crippen LogP contribution in [0.4, 0.5) is 15.8 Å². The molecule has 220 valence electrons. The van der Waals surface area contributed by atoms with E-state index >= 15 is 0 Å². The molecule has 2 N–H and O–H groups in total. The maximum absolute atomic E-state index is 13.9. The highest BCUT2D eigenvalue weighted by Crippen LogP contribution is 2.32. The Bertz CT molecular complexity index is 1560. The molecule has 1 aromatic heterocycles. The van der Waals surface area contributed by atoms with Crippen molar-refractivity contribution in [2.24, 2.45) is 4.99 Å². The third-order valence-corrected chi connectivity index (χ3v) is 7.15. The Hall–Kier alpha value is -4.50. The van der Waals surface area contributed by atoms with Gasteiger partial charge in [-0.1, -0.05) is 24.3 Å². The molecule has 0 aliphatic heterocycles. The van der Waals surface area contributed by atoms with Gasteiger partial charge in [-0.05, 0) is 87.9 Å². The molecule has 8 nitrogen and oxygen atoms in total. The van der Waals surface area contributed by atoms with E-state index in [1.807, 2.05) is 62.6 Å². The van der Waals surface area contributed by atoms with E-state index in [0.717, 1.165) is 36.2 Å². The number of hydrogen-bond acceptors (Lipinski definition) is 6. The molecular formula is C33H37FN4O4. The Morgan fingerprint density at radius 3 is 2.33 bits per heavy atom. The molecule has 9 heteroatoms. The summed E-state index contributed by atoms with van der Waals surface area (Å²) < 4.78 is 18.7. The smallest absolute Gasteiger partial charge is 0.305 e. The van der Waals surface area contributed by atoms with Crippen LogP contribution in [-0.4, -0.2) is 67.4 Å². The minimum absolute atomic E-state index is 0.0499. The topological polar surface area (TPSA) is 98.2 Å². The zero-order valence-electron chi connectivity index (χ0n) is 24.5. The lowest BCUT2D eigenvalue weighted by molar-refractivity contribution is -0.140. The second kappa shape index (κ2) is 13.9. The van der Waals surface area contributed by atoms with E-state index in [2.05, 4.69) is 9.88 Å². The number of hydrogen-bond donors (Lipinski definition) is 2. The van der Waals surface area contributed by atoms with E-state index in [0.29, 0.717) is 40.7 Å². The molecule has 1 heterocycles. The molecule has 0 fully saturated rings. The van der Waals surface area contributed by atoms with Crippen molar-refractivity contribution in [2.45, 2.75) is 32.1 Å². The first-order chi connectivity index (χ1) is 20.2. The lowest BCUT2D eigenvalue weighted by Gasteiger charge is -2.18. The number of unbranched alkanes of at least 4 members (excludes halogenated alkanes) is 1. The molecule has 0 atom stereocenters. The molecule has 0 aliphatic carbocycles. The standard InChI is InChI=1S/C33H37FN4O4/c1-37(2)20-6-5-7-29(39)38(3)26-16-14-25(15-17-26)35-32(23-11-8-22(9-12-23)10-19-30(40)42-4)31-27-18-13-24(34)21-28(27)36-33(31)41/h8-9,11-18,21,36,41H,5-7,10,19-20H2,1-4H3. The number of ether oxygens (including phenoxy) is 1. The number of H-pyrrole nitrogens is 1. The van der Waals surface area contributed by atoms with Crippen LogP contribution >= 0.6 is 0 Å². The van der Waals surface area contributed by atoms with Gasteiger partial charge in [-0.3, -0.25) is 9.59 Å². The van der Waals surface area contributed by atoms with Gasteiger partial charge in [0.2, 0.25) is 5.91 Å². The summed E-state index contributed by atoms with van der Waals surface area (Å²) >= 11 is 0. The summed E-state index contributed by atoms with van der Waals surface area (Å²) in [5, 5.41) is 11.5. The minimum Gasteiger partial charge on any atom is -0.494 e. The SMILES string of the molecule is COC(=O)CCc1ccc(C(=Nc2ccc(N(C)C(=O)CCCCN(C)C)cc2)c2c(O)[nH]c3cc(F)ccc23)cc1. The molecule has 0 saturated heterocycles. The Morgan fingerprint density at radius 1 is 0.952 bits per heavy atom. The van der Waals surface area contributed by atoms with Crippen LogP contribution in [0.2, 0.25) is 0 Å². The Balaban J connectivity index is 1.64. The van der Waals surface area contributed by atoms with E-state index in [1.54, 1.807) is 18.0 Å². The van der Waals surface area contributed by atoms with Crippen LogP contribution in [0, 0.1) is 5.82 Å². The van der Waals surface area contributed by atoms with Gasteiger partial charge in [0.05, 0.1) is 29.6 Å². The average molecular weight is 573 g/mol. The number of rotatable bonds is 12. The molecule has 0 bridgehead atoms. The first kappa shape index (κ1) is 30.5. The van der Waals surface area contributed by atoms with Crippen molar-refractivity contribution in [3.63, 3.8) is 0 Å². The number of amides is 1. The number of carbonyl (C=O) groups excluding carboxylic acids is 2. The van der Waals surface area contributed by atoms with E-state index < -0.39 is 5.82 Å². The van der Waals surface area contributed by atoms with Crippen molar-refractivity contribution in [3.8, 4) is 5.88 Å². The number of aromatic amines is 1. The fraction of sp³-hybridized carbons (Fsp3) is 0.303. The summed E-state index contributed by atoms with van der Waals surface area (Å²) in [7, 11) is 7.17. The number of aromatic nitrogens is 1. The zero-order chi connectivity index (χ0) is 30.2. The molecule has 4 rings (SSSR count). The monoisotopic (exact) mass is 572 g/mol. The number of esters is 1. The van der Waals surface area contributed by atoms with Crippen molar-refractivity contribution >= 4 is 39.9 Å². The molecule has 3 aromatic carbocycles. The van der Waals surface area contributed by atoms with Crippen molar-refractivity contribution in [2.75, 3.05) is 39.7 Å². The van der Waals surface area contributed by atoms with Crippen LogP contribution in [0.15, 0.2) is 71.7 Å². The van der Waals surface area contributed by atoms with Crippen molar-refractivity contribution in [3.05, 3.63) is 89.2 Å². The van der Waals surface area contributed by atoms with Crippen LogP contribution in [0.25, 0.3) is 10.9 Å². The second-order valence-electron chi connectivity index (χ2n) is 10.5. The van der Waals surface area contributed by atoms with Crippen molar-refractivity contribution in [1.82, 2.24) is 9.88 Å². The van der Waals surface area contributed by atoms with Gasteiger partial charge in [0.25, 0.3) is 0 Å². The van der Waals surface area contributed by atoms with Gasteiger partial charge >= 0.3 is 5.97 Å². The van der Waals surface area contributed by atoms with E-state index in [1.165, 1.54) is 19.2 Å². The number of aliphatic imine (C=N–C) groups is 1. The lowest BCUT2D eigenvalue weighted by Crippen LogP contribution is -2.26. The summed E-state index contributed by atoms with van der Waals surface area (Å²) in [4.78, 5) is 35.8. The van der Waals surface area contributed by atoms with Crippen LogP contribution in [0.5, 0.6) is 5.88 Å². The fourth-order valence-electron chi connectivity index (χ4n) is 4.73.